The van der Waals surface area contributed by atoms with Crippen LogP contribution in [0.2, 0.25) is 0 Å². The summed E-state index contributed by atoms with van der Waals surface area (Å²) in [6.45, 7) is 0. The number of hydrogen-bond donors (Lipinski definition) is 0. The van der Waals surface area contributed by atoms with Crippen LogP contribution in [0.25, 0.3) is 6.08 Å². The molecule has 0 fully saturated rings. The van der Waals surface area contributed by atoms with Gasteiger partial charge in [-0.1, -0.05) is 20.7 Å². The lowest BCUT2D eigenvalue weighted by molar-refractivity contribution is 0.0600. The number of aromatic nitrogens is 2. The Bertz CT molecular complexity index is 406. The third-order valence-corrected chi connectivity index (χ3v) is 3.31. The normalized spacial score (nSPS) is 13.3. The molecule has 0 spiro atoms. The van der Waals surface area contributed by atoms with Gasteiger partial charge in [0.25, 0.3) is 0 Å². The van der Waals surface area contributed by atoms with Crippen molar-refractivity contribution in [1.29, 1.82) is 0 Å². The number of ether oxygens (including phenoxy) is 1. The molecule has 0 aliphatic carbocycles. The van der Waals surface area contributed by atoms with E-state index >= 15 is 0 Å². The van der Waals surface area contributed by atoms with Crippen LogP contribution >= 0.6 is 20.7 Å². The van der Waals surface area contributed by atoms with Crippen LogP contribution in [0.1, 0.15) is 16.1 Å². The molecule has 0 radical (unpaired) electrons. The monoisotopic (exact) mass is 290 g/mol. The lowest BCUT2D eigenvalue weighted by atomic mass is 10.2. The first-order chi connectivity index (χ1) is 6.33. The van der Waals surface area contributed by atoms with Crippen LogP contribution in [0.5, 0.6) is 0 Å². The van der Waals surface area contributed by atoms with Crippen molar-refractivity contribution in [3.8, 4) is 0 Å². The van der Waals surface area contributed by atoms with Crippen LogP contribution < -0.4 is 0 Å². The lowest BCUT2D eigenvalue weighted by Gasteiger charge is -2.01. The summed E-state index contributed by atoms with van der Waals surface area (Å²) in [5, 5.41) is 4.06. The molecule has 13 heavy (non-hydrogen) atoms. The van der Waals surface area contributed by atoms with Crippen LogP contribution in [0, 0.1) is 0 Å². The molecule has 0 atom stereocenters. The number of carbonyl (C=O) groups is 1. The van der Waals surface area contributed by atoms with Gasteiger partial charge in [0.15, 0.2) is 0 Å². The average Bonchev–Trinajstić information content (AvgIpc) is 2.60. The number of carbonyl (C=O) groups excluding carboxylic acids is 1. The molecule has 1 aromatic heterocycles. The second-order valence-corrected chi connectivity index (χ2v) is 4.39. The van der Waals surface area contributed by atoms with E-state index in [2.05, 4.69) is 13.9 Å². The van der Waals surface area contributed by atoms with Gasteiger partial charge in [0, 0.05) is 0 Å². The fraction of sp³-hybridized carbons (Fsp3) is 0.125. The van der Waals surface area contributed by atoms with Gasteiger partial charge in [0.05, 0.1) is 23.1 Å². The molecule has 1 aliphatic heterocycles. The molecule has 2 heterocycles. The summed E-state index contributed by atoms with van der Waals surface area (Å²) in [5.41, 5.74) is 1.34. The van der Waals surface area contributed by atoms with Crippen LogP contribution in [0.4, 0.5) is 0 Å². The first-order valence-corrected chi connectivity index (χ1v) is 6.09. The Hall–Kier alpha value is -0.980. The summed E-state index contributed by atoms with van der Waals surface area (Å²) in [6.07, 6.45) is 3.46. The molecule has 0 bridgehead atoms. The van der Waals surface area contributed by atoms with E-state index in [4.69, 9.17) is 0 Å². The zero-order valence-electron chi connectivity index (χ0n) is 6.90. The molecule has 0 aromatic carbocycles. The van der Waals surface area contributed by atoms with Crippen LogP contribution in [0.15, 0.2) is 10.3 Å². The first-order valence-electron chi connectivity index (χ1n) is 3.60. The third-order valence-electron chi connectivity index (χ3n) is 1.68. The zero-order valence-corrected chi connectivity index (χ0v) is 9.06. The van der Waals surface area contributed by atoms with Crippen LogP contribution in [-0.4, -0.2) is 27.0 Å². The molecule has 1 aliphatic rings. The SMILES string of the molecule is COC(=O)c1cnn2c1C=CI=C2. The van der Waals surface area contributed by atoms with E-state index in [1.54, 1.807) is 4.68 Å². The minimum atomic E-state index is -0.334. The maximum absolute atomic E-state index is 11.2. The standard InChI is InChI=1S/C8H7IN2O2/c1-13-8(12)6-4-10-11-5-9-3-2-7(6)11/h2-5H,1H3. The van der Waals surface area contributed by atoms with Crippen molar-refractivity contribution in [1.82, 2.24) is 9.78 Å². The van der Waals surface area contributed by atoms with E-state index in [0.717, 1.165) is 5.69 Å². The maximum Gasteiger partial charge on any atom is 0.341 e. The van der Waals surface area contributed by atoms with E-state index < -0.39 is 0 Å². The molecule has 1 aromatic rings. The van der Waals surface area contributed by atoms with Crippen LogP contribution in [-0.2, 0) is 4.74 Å². The predicted molar refractivity (Wildman–Crippen MR) is 58.1 cm³/mol. The Kier molecular flexibility index (Phi) is 2.26. The molecule has 0 N–H and O–H groups in total. The number of hydrogen-bond acceptors (Lipinski definition) is 3. The second-order valence-electron chi connectivity index (χ2n) is 2.40. The summed E-state index contributed by atoms with van der Waals surface area (Å²) in [6, 6.07) is 0. The van der Waals surface area contributed by atoms with E-state index in [1.807, 2.05) is 10.2 Å². The molecule has 68 valence electrons. The molecular formula is C8H7IN2O2. The van der Waals surface area contributed by atoms with E-state index in [1.165, 1.54) is 13.3 Å². The van der Waals surface area contributed by atoms with Crippen LogP contribution in [0.3, 0.4) is 0 Å². The van der Waals surface area contributed by atoms with Gasteiger partial charge >= 0.3 is 5.97 Å². The average molecular weight is 290 g/mol. The van der Waals surface area contributed by atoms with Crippen molar-refractivity contribution >= 4 is 36.9 Å². The van der Waals surface area contributed by atoms with Gasteiger partial charge in [-0.3, -0.25) is 0 Å². The van der Waals surface area contributed by atoms with Gasteiger partial charge in [0.1, 0.15) is 5.56 Å². The van der Waals surface area contributed by atoms with Gasteiger partial charge in [-0.25, -0.2) is 9.48 Å². The summed E-state index contributed by atoms with van der Waals surface area (Å²) < 4.78 is 10.5. The third kappa shape index (κ3) is 1.43. The quantitative estimate of drug-likeness (QED) is 0.577. The smallest absolute Gasteiger partial charge is 0.341 e. The summed E-state index contributed by atoms with van der Waals surface area (Å²) in [4.78, 5) is 11.2. The fourth-order valence-corrected chi connectivity index (χ4v) is 2.55. The highest BCUT2D eigenvalue weighted by molar-refractivity contribution is 14.2. The Morgan fingerprint density at radius 3 is 3.31 bits per heavy atom. The second kappa shape index (κ2) is 3.41. The molecular weight excluding hydrogens is 283 g/mol. The minimum absolute atomic E-state index is 0.0425. The Labute approximate surface area is 84.9 Å². The molecule has 4 nitrogen and oxygen atoms in total. The topological polar surface area (TPSA) is 44.1 Å². The van der Waals surface area contributed by atoms with E-state index in [0.29, 0.717) is 5.56 Å². The van der Waals surface area contributed by atoms with Crippen molar-refractivity contribution in [3.63, 3.8) is 0 Å². The number of rotatable bonds is 1. The fourth-order valence-electron chi connectivity index (χ4n) is 1.06. The van der Waals surface area contributed by atoms with Crippen molar-refractivity contribution in [2.75, 3.05) is 7.11 Å². The summed E-state index contributed by atoms with van der Waals surface area (Å²) >= 11 is -0.0425. The molecule has 0 saturated heterocycles. The van der Waals surface area contributed by atoms with Gasteiger partial charge in [-0.2, -0.15) is 5.10 Å². The van der Waals surface area contributed by atoms with Gasteiger partial charge in [-0.15, -0.1) is 0 Å². The Balaban J connectivity index is 2.50. The molecule has 0 amide bonds. The highest BCUT2D eigenvalue weighted by Crippen LogP contribution is 2.17. The van der Waals surface area contributed by atoms with Crippen molar-refractivity contribution in [2.45, 2.75) is 0 Å². The Morgan fingerprint density at radius 1 is 1.69 bits per heavy atom. The molecule has 0 saturated carbocycles. The van der Waals surface area contributed by atoms with Gasteiger partial charge < -0.3 is 4.74 Å². The van der Waals surface area contributed by atoms with Crippen molar-refractivity contribution < 1.29 is 9.53 Å². The highest BCUT2D eigenvalue weighted by atomic mass is 127. The zero-order chi connectivity index (χ0) is 9.26. The molecule has 2 rings (SSSR count). The van der Waals surface area contributed by atoms with E-state index in [9.17, 15) is 4.79 Å². The van der Waals surface area contributed by atoms with E-state index in [-0.39, 0.29) is 26.7 Å². The number of methoxy groups -OCH3 is 1. The first kappa shape index (κ1) is 8.61. The number of fused-ring (bicyclic) bond motifs is 1. The van der Waals surface area contributed by atoms with Gasteiger partial charge in [0.2, 0.25) is 0 Å². The number of esters is 1. The lowest BCUT2D eigenvalue weighted by Crippen LogP contribution is -2.05. The highest BCUT2D eigenvalue weighted by Gasteiger charge is 2.15. The molecule has 0 unspecified atom stereocenters. The van der Waals surface area contributed by atoms with Gasteiger partial charge in [-0.05, 0) is 10.2 Å². The van der Waals surface area contributed by atoms with Crippen molar-refractivity contribution in [2.24, 2.45) is 0 Å². The van der Waals surface area contributed by atoms with Crippen molar-refractivity contribution in [3.05, 3.63) is 21.5 Å². The predicted octanol–water partition coefficient (Wildman–Crippen LogP) is 1.23. The Morgan fingerprint density at radius 2 is 2.54 bits per heavy atom. The number of nitrogens with zero attached hydrogens (tertiary/aromatic N) is 2. The molecule has 5 heteroatoms. The number of halogens is 1. The maximum atomic E-state index is 11.2. The minimum Gasteiger partial charge on any atom is -0.465 e. The summed E-state index contributed by atoms with van der Waals surface area (Å²) in [7, 11) is 1.37. The summed E-state index contributed by atoms with van der Waals surface area (Å²) in [5.74, 6) is -0.334. The largest absolute Gasteiger partial charge is 0.465 e.